The molecule has 1 aromatic carbocycles. The Morgan fingerprint density at radius 3 is 3.11 bits per heavy atom. The molecule has 1 amide bonds. The van der Waals surface area contributed by atoms with Gasteiger partial charge in [0.05, 0.1) is 17.7 Å². The number of aromatic nitrogens is 2. The Labute approximate surface area is 105 Å². The van der Waals surface area contributed by atoms with Crippen LogP contribution in [0.15, 0.2) is 24.3 Å². The number of para-hydroxylation sites is 1. The first-order valence-corrected chi connectivity index (χ1v) is 6.11. The van der Waals surface area contributed by atoms with Gasteiger partial charge in [-0.05, 0) is 19.4 Å². The SMILES string of the molecule is CC1OCCC1NC(=O)c1n[nH]c2ccccc12. The van der Waals surface area contributed by atoms with Crippen molar-refractivity contribution in [2.45, 2.75) is 25.5 Å². The van der Waals surface area contributed by atoms with E-state index in [1.807, 2.05) is 31.2 Å². The molecular weight excluding hydrogens is 230 g/mol. The van der Waals surface area contributed by atoms with E-state index in [0.717, 1.165) is 17.3 Å². The van der Waals surface area contributed by atoms with Crippen LogP contribution in [-0.2, 0) is 4.74 Å². The molecular formula is C13H15N3O2. The van der Waals surface area contributed by atoms with Crippen molar-refractivity contribution in [3.05, 3.63) is 30.0 Å². The molecule has 2 N–H and O–H groups in total. The highest BCUT2D eigenvalue weighted by molar-refractivity contribution is 6.04. The topological polar surface area (TPSA) is 67.0 Å². The number of benzene rings is 1. The van der Waals surface area contributed by atoms with Crippen LogP contribution in [0.3, 0.4) is 0 Å². The van der Waals surface area contributed by atoms with Crippen molar-refractivity contribution in [1.29, 1.82) is 0 Å². The smallest absolute Gasteiger partial charge is 0.272 e. The Balaban J connectivity index is 1.84. The lowest BCUT2D eigenvalue weighted by Gasteiger charge is -2.15. The summed E-state index contributed by atoms with van der Waals surface area (Å²) in [5, 5.41) is 10.8. The van der Waals surface area contributed by atoms with Crippen molar-refractivity contribution in [3.63, 3.8) is 0 Å². The maximum Gasteiger partial charge on any atom is 0.272 e. The van der Waals surface area contributed by atoms with Crippen molar-refractivity contribution in [2.24, 2.45) is 0 Å². The number of rotatable bonds is 2. The van der Waals surface area contributed by atoms with Gasteiger partial charge in [-0.15, -0.1) is 0 Å². The Morgan fingerprint density at radius 2 is 2.33 bits per heavy atom. The summed E-state index contributed by atoms with van der Waals surface area (Å²) < 4.78 is 5.43. The maximum atomic E-state index is 12.2. The fourth-order valence-electron chi connectivity index (χ4n) is 2.29. The monoisotopic (exact) mass is 245 g/mol. The van der Waals surface area contributed by atoms with Crippen LogP contribution in [0.2, 0.25) is 0 Å². The third-order valence-corrected chi connectivity index (χ3v) is 3.38. The summed E-state index contributed by atoms with van der Waals surface area (Å²) in [5.41, 5.74) is 1.32. The van der Waals surface area contributed by atoms with Gasteiger partial charge in [0, 0.05) is 12.0 Å². The summed E-state index contributed by atoms with van der Waals surface area (Å²) in [6, 6.07) is 7.68. The standard InChI is InChI=1S/C13H15N3O2/c1-8-10(6-7-18-8)14-13(17)12-9-4-2-3-5-11(9)15-16-12/h2-5,8,10H,6-7H2,1H3,(H,14,17)(H,15,16). The normalized spacial score (nSPS) is 23.4. The van der Waals surface area contributed by atoms with Gasteiger partial charge in [-0.3, -0.25) is 9.89 Å². The Bertz CT molecular complexity index is 578. The van der Waals surface area contributed by atoms with Crippen molar-refractivity contribution in [2.75, 3.05) is 6.61 Å². The second-order valence-corrected chi connectivity index (χ2v) is 4.56. The molecule has 2 aromatic rings. The molecule has 1 aliphatic heterocycles. The van der Waals surface area contributed by atoms with Crippen LogP contribution in [0.1, 0.15) is 23.8 Å². The Morgan fingerprint density at radius 1 is 1.50 bits per heavy atom. The van der Waals surface area contributed by atoms with Crippen LogP contribution < -0.4 is 5.32 Å². The lowest BCUT2D eigenvalue weighted by atomic mass is 10.1. The first kappa shape index (κ1) is 11.2. The number of ether oxygens (including phenoxy) is 1. The molecule has 18 heavy (non-hydrogen) atoms. The van der Waals surface area contributed by atoms with Crippen LogP contribution in [0.4, 0.5) is 0 Å². The molecule has 1 aliphatic rings. The molecule has 2 unspecified atom stereocenters. The highest BCUT2D eigenvalue weighted by Crippen LogP contribution is 2.17. The minimum atomic E-state index is -0.144. The second-order valence-electron chi connectivity index (χ2n) is 4.56. The van der Waals surface area contributed by atoms with Crippen molar-refractivity contribution >= 4 is 16.8 Å². The van der Waals surface area contributed by atoms with Crippen LogP contribution in [0.5, 0.6) is 0 Å². The summed E-state index contributed by atoms with van der Waals surface area (Å²) in [5.74, 6) is -0.144. The number of aromatic amines is 1. The van der Waals surface area contributed by atoms with Crippen LogP contribution in [-0.4, -0.2) is 34.9 Å². The van der Waals surface area contributed by atoms with Gasteiger partial charge in [-0.25, -0.2) is 0 Å². The maximum absolute atomic E-state index is 12.2. The Hall–Kier alpha value is -1.88. The quantitative estimate of drug-likeness (QED) is 0.842. The lowest BCUT2D eigenvalue weighted by Crippen LogP contribution is -2.39. The van der Waals surface area contributed by atoms with E-state index in [4.69, 9.17) is 4.74 Å². The van der Waals surface area contributed by atoms with Gasteiger partial charge in [0.15, 0.2) is 5.69 Å². The van der Waals surface area contributed by atoms with E-state index in [0.29, 0.717) is 12.3 Å². The largest absolute Gasteiger partial charge is 0.376 e. The van der Waals surface area contributed by atoms with Crippen LogP contribution >= 0.6 is 0 Å². The van der Waals surface area contributed by atoms with Crippen LogP contribution in [0, 0.1) is 0 Å². The van der Waals surface area contributed by atoms with Crippen molar-refractivity contribution in [3.8, 4) is 0 Å². The average Bonchev–Trinajstić information content (AvgIpc) is 2.96. The van der Waals surface area contributed by atoms with E-state index in [-0.39, 0.29) is 18.1 Å². The molecule has 1 fully saturated rings. The van der Waals surface area contributed by atoms with E-state index < -0.39 is 0 Å². The van der Waals surface area contributed by atoms with E-state index in [2.05, 4.69) is 15.5 Å². The molecule has 3 rings (SSSR count). The van der Waals surface area contributed by atoms with Gasteiger partial charge in [-0.1, -0.05) is 18.2 Å². The van der Waals surface area contributed by atoms with Gasteiger partial charge < -0.3 is 10.1 Å². The van der Waals surface area contributed by atoms with Crippen molar-refractivity contribution in [1.82, 2.24) is 15.5 Å². The zero-order chi connectivity index (χ0) is 12.5. The van der Waals surface area contributed by atoms with E-state index in [1.165, 1.54) is 0 Å². The molecule has 2 heterocycles. The number of hydrogen-bond donors (Lipinski definition) is 2. The van der Waals surface area contributed by atoms with Gasteiger partial charge in [0.1, 0.15) is 0 Å². The first-order valence-electron chi connectivity index (χ1n) is 6.11. The second kappa shape index (κ2) is 4.42. The molecule has 1 aromatic heterocycles. The summed E-state index contributed by atoms with van der Waals surface area (Å²) in [6.45, 7) is 2.67. The van der Waals surface area contributed by atoms with Crippen molar-refractivity contribution < 1.29 is 9.53 Å². The molecule has 5 heteroatoms. The minimum absolute atomic E-state index is 0.0687. The number of carbonyl (C=O) groups is 1. The van der Waals surface area contributed by atoms with Crippen LogP contribution in [0.25, 0.3) is 10.9 Å². The number of nitrogens with zero attached hydrogens (tertiary/aromatic N) is 1. The molecule has 5 nitrogen and oxygen atoms in total. The molecule has 1 saturated heterocycles. The molecule has 0 radical (unpaired) electrons. The van der Waals surface area contributed by atoms with Gasteiger partial charge in [0.25, 0.3) is 5.91 Å². The average molecular weight is 245 g/mol. The van der Waals surface area contributed by atoms with Gasteiger partial charge in [-0.2, -0.15) is 5.10 Å². The van der Waals surface area contributed by atoms with E-state index in [1.54, 1.807) is 0 Å². The summed E-state index contributed by atoms with van der Waals surface area (Å²) in [4.78, 5) is 12.2. The molecule has 2 atom stereocenters. The number of carbonyl (C=O) groups excluding carboxylic acids is 1. The summed E-state index contributed by atoms with van der Waals surface area (Å²) in [7, 11) is 0. The van der Waals surface area contributed by atoms with E-state index in [9.17, 15) is 4.79 Å². The Kier molecular flexibility index (Phi) is 2.76. The summed E-state index contributed by atoms with van der Waals surface area (Å²) >= 11 is 0. The van der Waals surface area contributed by atoms with Gasteiger partial charge >= 0.3 is 0 Å². The third-order valence-electron chi connectivity index (χ3n) is 3.38. The fraction of sp³-hybridized carbons (Fsp3) is 0.385. The van der Waals surface area contributed by atoms with Gasteiger partial charge in [0.2, 0.25) is 0 Å². The number of H-pyrrole nitrogens is 1. The molecule has 0 spiro atoms. The predicted octanol–water partition coefficient (Wildman–Crippen LogP) is 1.47. The number of nitrogens with one attached hydrogen (secondary N) is 2. The predicted molar refractivity (Wildman–Crippen MR) is 67.4 cm³/mol. The number of fused-ring (bicyclic) bond motifs is 1. The minimum Gasteiger partial charge on any atom is -0.376 e. The zero-order valence-electron chi connectivity index (χ0n) is 10.1. The molecule has 0 bridgehead atoms. The first-order chi connectivity index (χ1) is 8.75. The van der Waals surface area contributed by atoms with E-state index >= 15 is 0 Å². The number of hydrogen-bond acceptors (Lipinski definition) is 3. The molecule has 94 valence electrons. The number of amides is 1. The lowest BCUT2D eigenvalue weighted by molar-refractivity contribution is 0.0863. The highest BCUT2D eigenvalue weighted by atomic mass is 16.5. The molecule has 0 aliphatic carbocycles. The molecule has 0 saturated carbocycles. The fourth-order valence-corrected chi connectivity index (χ4v) is 2.29. The summed E-state index contributed by atoms with van der Waals surface area (Å²) in [6.07, 6.45) is 0.925. The highest BCUT2D eigenvalue weighted by Gasteiger charge is 2.27. The third kappa shape index (κ3) is 1.86. The zero-order valence-corrected chi connectivity index (χ0v) is 10.1.